The molecule has 0 spiro atoms. The summed E-state index contributed by atoms with van der Waals surface area (Å²) in [6.07, 6.45) is 7.24. The van der Waals surface area contributed by atoms with E-state index in [1.807, 2.05) is 48.8 Å². The molecule has 0 fully saturated rings. The number of para-hydroxylation sites is 1. The van der Waals surface area contributed by atoms with Crippen LogP contribution < -0.4 is 5.32 Å². The molecule has 1 aromatic carbocycles. The molecule has 0 aliphatic rings. The average molecular weight is 299 g/mol. The molecule has 106 valence electrons. The fourth-order valence-electron chi connectivity index (χ4n) is 2.21. The van der Waals surface area contributed by atoms with Crippen LogP contribution in [0.25, 0.3) is 5.69 Å². The van der Waals surface area contributed by atoms with Crippen LogP contribution in [0.2, 0.25) is 5.02 Å². The fraction of sp³-hybridized carbons (Fsp3) is 0.125. The van der Waals surface area contributed by atoms with Gasteiger partial charge >= 0.3 is 0 Å². The van der Waals surface area contributed by atoms with E-state index in [4.69, 9.17) is 11.6 Å². The molecule has 0 saturated carbocycles. The van der Waals surface area contributed by atoms with E-state index < -0.39 is 0 Å². The van der Waals surface area contributed by atoms with Gasteiger partial charge in [0.15, 0.2) is 0 Å². The molecule has 21 heavy (non-hydrogen) atoms. The van der Waals surface area contributed by atoms with Gasteiger partial charge in [0, 0.05) is 24.8 Å². The molecule has 3 aromatic rings. The van der Waals surface area contributed by atoms with Crippen molar-refractivity contribution >= 4 is 17.3 Å². The monoisotopic (exact) mass is 298 g/mol. The van der Waals surface area contributed by atoms with Crippen LogP contribution in [0.1, 0.15) is 18.5 Å². The molecule has 3 rings (SSSR count). The van der Waals surface area contributed by atoms with Crippen molar-refractivity contribution in [2.24, 2.45) is 0 Å². The van der Waals surface area contributed by atoms with E-state index in [0.717, 1.165) is 16.9 Å². The van der Waals surface area contributed by atoms with Crippen molar-refractivity contribution in [2.45, 2.75) is 13.0 Å². The number of nitrogens with one attached hydrogen (secondary N) is 1. The minimum atomic E-state index is 0.117. The predicted molar refractivity (Wildman–Crippen MR) is 84.8 cm³/mol. The molecule has 1 N–H and O–H groups in total. The van der Waals surface area contributed by atoms with Gasteiger partial charge < -0.3 is 5.32 Å². The molecule has 0 amide bonds. The Kier molecular flexibility index (Phi) is 3.88. The van der Waals surface area contributed by atoms with Crippen molar-refractivity contribution in [3.8, 4) is 5.69 Å². The van der Waals surface area contributed by atoms with Crippen molar-refractivity contribution < 1.29 is 0 Å². The van der Waals surface area contributed by atoms with Crippen molar-refractivity contribution in [3.63, 3.8) is 0 Å². The molecule has 0 saturated heterocycles. The summed E-state index contributed by atoms with van der Waals surface area (Å²) in [5.41, 5.74) is 2.89. The van der Waals surface area contributed by atoms with Gasteiger partial charge in [0.25, 0.3) is 0 Å². The number of aromatic nitrogens is 3. The van der Waals surface area contributed by atoms with E-state index in [0.29, 0.717) is 5.02 Å². The summed E-state index contributed by atoms with van der Waals surface area (Å²) < 4.78 is 1.76. The Balaban J connectivity index is 1.95. The van der Waals surface area contributed by atoms with Crippen molar-refractivity contribution in [2.75, 3.05) is 5.32 Å². The summed E-state index contributed by atoms with van der Waals surface area (Å²) in [4.78, 5) is 4.15. The Hall–Kier alpha value is -2.33. The molecule has 0 bridgehead atoms. The lowest BCUT2D eigenvalue weighted by atomic mass is 10.1. The molecule has 0 radical (unpaired) electrons. The first-order valence-corrected chi connectivity index (χ1v) is 7.08. The minimum Gasteiger partial charge on any atom is -0.377 e. The number of pyridine rings is 1. The van der Waals surface area contributed by atoms with Gasteiger partial charge in [-0.2, -0.15) is 5.10 Å². The van der Waals surface area contributed by atoms with Gasteiger partial charge in [-0.25, -0.2) is 4.68 Å². The number of nitrogens with zero attached hydrogens (tertiary/aromatic N) is 3. The first kappa shape index (κ1) is 13.6. The maximum absolute atomic E-state index is 6.34. The summed E-state index contributed by atoms with van der Waals surface area (Å²) in [5, 5.41) is 8.39. The van der Waals surface area contributed by atoms with Crippen LogP contribution in [0.5, 0.6) is 0 Å². The summed E-state index contributed by atoms with van der Waals surface area (Å²) in [6.45, 7) is 2.09. The first-order valence-electron chi connectivity index (χ1n) is 6.70. The van der Waals surface area contributed by atoms with E-state index >= 15 is 0 Å². The Labute approximate surface area is 128 Å². The van der Waals surface area contributed by atoms with E-state index in [-0.39, 0.29) is 6.04 Å². The number of rotatable bonds is 4. The lowest BCUT2D eigenvalue weighted by Gasteiger charge is -2.19. The van der Waals surface area contributed by atoms with Crippen molar-refractivity contribution in [3.05, 3.63) is 71.8 Å². The first-order chi connectivity index (χ1) is 10.3. The summed E-state index contributed by atoms with van der Waals surface area (Å²) in [6, 6.07) is 11.7. The van der Waals surface area contributed by atoms with Crippen LogP contribution in [0.3, 0.4) is 0 Å². The van der Waals surface area contributed by atoms with E-state index in [9.17, 15) is 0 Å². The second kappa shape index (κ2) is 5.97. The van der Waals surface area contributed by atoms with Crippen LogP contribution in [0.15, 0.2) is 61.2 Å². The minimum absolute atomic E-state index is 0.117. The van der Waals surface area contributed by atoms with Gasteiger partial charge in [0.05, 0.1) is 16.8 Å². The molecule has 1 unspecified atom stereocenters. The highest BCUT2D eigenvalue weighted by Crippen LogP contribution is 2.30. The van der Waals surface area contributed by atoms with Crippen molar-refractivity contribution in [1.82, 2.24) is 14.8 Å². The highest BCUT2D eigenvalue weighted by molar-refractivity contribution is 6.33. The van der Waals surface area contributed by atoms with Gasteiger partial charge in [-0.3, -0.25) is 4.98 Å². The van der Waals surface area contributed by atoms with Crippen molar-refractivity contribution in [1.29, 1.82) is 0 Å². The van der Waals surface area contributed by atoms with Crippen LogP contribution in [0, 0.1) is 0 Å². The van der Waals surface area contributed by atoms with Gasteiger partial charge in [-0.05, 0) is 36.8 Å². The normalized spacial score (nSPS) is 12.1. The summed E-state index contributed by atoms with van der Waals surface area (Å²) in [5.74, 6) is 0. The molecule has 2 aromatic heterocycles. The quantitative estimate of drug-likeness (QED) is 0.789. The maximum Gasteiger partial charge on any atom is 0.106 e. The summed E-state index contributed by atoms with van der Waals surface area (Å²) >= 11 is 6.34. The van der Waals surface area contributed by atoms with E-state index in [2.05, 4.69) is 22.3 Å². The smallest absolute Gasteiger partial charge is 0.106 e. The second-order valence-corrected chi connectivity index (χ2v) is 5.15. The lowest BCUT2D eigenvalue weighted by molar-refractivity contribution is 0.849. The largest absolute Gasteiger partial charge is 0.377 e. The Morgan fingerprint density at radius 1 is 1.14 bits per heavy atom. The maximum atomic E-state index is 6.34. The zero-order chi connectivity index (χ0) is 14.7. The third-order valence-corrected chi connectivity index (χ3v) is 3.58. The number of anilines is 1. The number of hydrogen-bond acceptors (Lipinski definition) is 3. The Morgan fingerprint density at radius 2 is 2.05 bits per heavy atom. The zero-order valence-corrected chi connectivity index (χ0v) is 12.3. The molecule has 0 aliphatic heterocycles. The molecule has 4 nitrogen and oxygen atoms in total. The third kappa shape index (κ3) is 2.90. The van der Waals surface area contributed by atoms with Crippen LogP contribution >= 0.6 is 11.6 Å². The van der Waals surface area contributed by atoms with E-state index in [1.165, 1.54) is 0 Å². The number of benzene rings is 1. The van der Waals surface area contributed by atoms with Crippen LogP contribution in [-0.4, -0.2) is 14.8 Å². The molecular formula is C16H15ClN4. The van der Waals surface area contributed by atoms with Gasteiger partial charge in [-0.15, -0.1) is 0 Å². The Morgan fingerprint density at radius 3 is 2.76 bits per heavy atom. The van der Waals surface area contributed by atoms with Crippen LogP contribution in [0.4, 0.5) is 5.69 Å². The third-order valence-electron chi connectivity index (χ3n) is 3.28. The Bertz CT molecular complexity index is 710. The molecule has 0 aliphatic carbocycles. The highest BCUT2D eigenvalue weighted by atomic mass is 35.5. The highest BCUT2D eigenvalue weighted by Gasteiger charge is 2.12. The molecule has 5 heteroatoms. The van der Waals surface area contributed by atoms with Crippen LogP contribution in [-0.2, 0) is 0 Å². The lowest BCUT2D eigenvalue weighted by Crippen LogP contribution is -2.10. The average Bonchev–Trinajstić information content (AvgIpc) is 3.02. The molecule has 2 heterocycles. The topological polar surface area (TPSA) is 42.7 Å². The molecular weight excluding hydrogens is 284 g/mol. The number of hydrogen-bond donors (Lipinski definition) is 1. The fourth-order valence-corrected chi connectivity index (χ4v) is 2.48. The second-order valence-electron chi connectivity index (χ2n) is 4.74. The number of halogens is 1. The van der Waals surface area contributed by atoms with Gasteiger partial charge in [-0.1, -0.05) is 23.7 Å². The molecule has 1 atom stereocenters. The predicted octanol–water partition coefficient (Wildman–Crippen LogP) is 4.09. The standard InChI is InChI=1S/C16H15ClN4/c1-12(13-5-3-8-18-11-13)20-15-7-2-6-14(17)16(15)21-10-4-9-19-21/h2-12,20H,1H3. The summed E-state index contributed by atoms with van der Waals surface area (Å²) in [7, 11) is 0. The van der Waals surface area contributed by atoms with E-state index in [1.54, 1.807) is 17.1 Å². The van der Waals surface area contributed by atoms with Gasteiger partial charge in [0.2, 0.25) is 0 Å². The zero-order valence-electron chi connectivity index (χ0n) is 11.6. The SMILES string of the molecule is CC(Nc1cccc(Cl)c1-n1cccn1)c1cccnc1. The van der Waals surface area contributed by atoms with Gasteiger partial charge in [0.1, 0.15) is 5.69 Å².